The van der Waals surface area contributed by atoms with Gasteiger partial charge in [0.1, 0.15) is 11.3 Å². The molecule has 2 aromatic heterocycles. The van der Waals surface area contributed by atoms with Crippen LogP contribution < -0.4 is 5.32 Å². The lowest BCUT2D eigenvalue weighted by molar-refractivity contribution is 0.0353. The van der Waals surface area contributed by atoms with E-state index in [1.54, 1.807) is 25.5 Å². The summed E-state index contributed by atoms with van der Waals surface area (Å²) in [6, 6.07) is 3.47. The predicted octanol–water partition coefficient (Wildman–Crippen LogP) is 3.30. The minimum absolute atomic E-state index is 0.151. The van der Waals surface area contributed by atoms with Crippen molar-refractivity contribution in [1.29, 1.82) is 0 Å². The molecule has 0 amide bonds. The maximum Gasteiger partial charge on any atom is 0.227 e. The maximum absolute atomic E-state index is 15.3. The molecular formula is C21H23Cl2FN6O2. The van der Waals surface area contributed by atoms with Gasteiger partial charge in [0.2, 0.25) is 5.95 Å². The summed E-state index contributed by atoms with van der Waals surface area (Å²) in [5.74, 6) is 0.0178. The summed E-state index contributed by atoms with van der Waals surface area (Å²) in [6.45, 7) is 1.64. The van der Waals surface area contributed by atoms with E-state index in [2.05, 4.69) is 20.4 Å². The van der Waals surface area contributed by atoms with Crippen LogP contribution in [0.3, 0.4) is 0 Å². The van der Waals surface area contributed by atoms with Gasteiger partial charge in [-0.1, -0.05) is 23.2 Å². The molecule has 0 radical (unpaired) electrons. The predicted molar refractivity (Wildman–Crippen MR) is 120 cm³/mol. The number of fused-ring (bicyclic) bond motifs is 1. The fourth-order valence-electron chi connectivity index (χ4n) is 4.50. The molecular weight excluding hydrogens is 458 g/mol. The summed E-state index contributed by atoms with van der Waals surface area (Å²) in [7, 11) is 1.74. The van der Waals surface area contributed by atoms with Gasteiger partial charge in [0.25, 0.3) is 0 Å². The number of aliphatic hydroxyl groups is 1. The number of rotatable bonds is 4. The number of aliphatic hydroxyl groups excluding tert-OH is 1. The number of hydrogen-bond donors (Lipinski definition) is 2. The number of ether oxygens (including phenoxy) is 1. The Hall–Kier alpha value is -2.04. The highest BCUT2D eigenvalue weighted by atomic mass is 35.5. The Morgan fingerprint density at radius 2 is 2.09 bits per heavy atom. The van der Waals surface area contributed by atoms with Crippen molar-refractivity contribution in [2.24, 2.45) is 7.05 Å². The third-order valence-electron chi connectivity index (χ3n) is 6.27. The van der Waals surface area contributed by atoms with Crippen molar-refractivity contribution in [3.63, 3.8) is 0 Å². The molecule has 2 N–H and O–H groups in total. The number of aryl methyl sites for hydroxylation is 1. The molecule has 1 aromatic carbocycles. The Morgan fingerprint density at radius 1 is 1.25 bits per heavy atom. The zero-order chi connectivity index (χ0) is 22.4. The number of aromatic nitrogens is 4. The number of nitrogens with one attached hydrogen (secondary N) is 1. The molecule has 5 rings (SSSR count). The SMILES string of the molecule is Cn1ncc(Nc2ncc3cc(Cl)c([C@H]4CCN([C@@H]5COC[C@@H]5O)C[C@@H]4F)cc3n2)c1Cl. The Balaban J connectivity index is 1.39. The lowest BCUT2D eigenvalue weighted by Gasteiger charge is -2.39. The number of hydrogen-bond acceptors (Lipinski definition) is 7. The first-order valence-corrected chi connectivity index (χ1v) is 11.2. The Morgan fingerprint density at radius 3 is 2.78 bits per heavy atom. The van der Waals surface area contributed by atoms with E-state index in [0.717, 1.165) is 10.9 Å². The largest absolute Gasteiger partial charge is 0.389 e. The highest BCUT2D eigenvalue weighted by molar-refractivity contribution is 6.32. The zero-order valence-electron chi connectivity index (χ0n) is 17.4. The van der Waals surface area contributed by atoms with Crippen LogP contribution in [-0.4, -0.2) is 74.4 Å². The normalized spacial score (nSPS) is 26.7. The summed E-state index contributed by atoms with van der Waals surface area (Å²) in [5, 5.41) is 18.9. The van der Waals surface area contributed by atoms with Crippen molar-refractivity contribution in [2.45, 2.75) is 30.7 Å². The second-order valence-electron chi connectivity index (χ2n) is 8.30. The molecule has 2 fully saturated rings. The van der Waals surface area contributed by atoms with Crippen LogP contribution in [0.15, 0.2) is 24.5 Å². The molecule has 2 aliphatic heterocycles. The molecule has 11 heteroatoms. The zero-order valence-corrected chi connectivity index (χ0v) is 18.9. The average Bonchev–Trinajstić information content (AvgIpc) is 3.34. The highest BCUT2D eigenvalue weighted by Gasteiger charge is 2.39. The smallest absolute Gasteiger partial charge is 0.227 e. The van der Waals surface area contributed by atoms with Crippen molar-refractivity contribution < 1.29 is 14.2 Å². The van der Waals surface area contributed by atoms with E-state index >= 15 is 4.39 Å². The van der Waals surface area contributed by atoms with Crippen LogP contribution in [0.25, 0.3) is 10.9 Å². The van der Waals surface area contributed by atoms with Gasteiger partial charge in [-0.3, -0.25) is 9.58 Å². The van der Waals surface area contributed by atoms with Gasteiger partial charge in [-0.05, 0) is 30.7 Å². The van der Waals surface area contributed by atoms with Crippen molar-refractivity contribution in [3.8, 4) is 0 Å². The number of benzene rings is 1. The molecule has 0 unspecified atom stereocenters. The number of anilines is 2. The molecule has 32 heavy (non-hydrogen) atoms. The molecule has 2 saturated heterocycles. The molecule has 4 heterocycles. The Bertz CT molecular complexity index is 1140. The molecule has 0 spiro atoms. The van der Waals surface area contributed by atoms with Crippen molar-refractivity contribution in [3.05, 3.63) is 40.3 Å². The van der Waals surface area contributed by atoms with Crippen LogP contribution in [0, 0.1) is 0 Å². The van der Waals surface area contributed by atoms with Crippen LogP contribution in [0.2, 0.25) is 10.2 Å². The minimum atomic E-state index is -1.11. The molecule has 3 aromatic rings. The molecule has 0 saturated carbocycles. The molecule has 4 atom stereocenters. The maximum atomic E-state index is 15.3. The number of halogens is 3. The van der Waals surface area contributed by atoms with Crippen molar-refractivity contribution >= 4 is 45.7 Å². The van der Waals surface area contributed by atoms with Crippen LogP contribution in [0.1, 0.15) is 17.9 Å². The molecule has 0 aliphatic carbocycles. The van der Waals surface area contributed by atoms with Crippen LogP contribution in [0.4, 0.5) is 16.0 Å². The lowest BCUT2D eigenvalue weighted by Crippen LogP contribution is -2.50. The first kappa shape index (κ1) is 21.8. The topological polar surface area (TPSA) is 88.3 Å². The van der Waals surface area contributed by atoms with Gasteiger partial charge in [-0.2, -0.15) is 5.10 Å². The van der Waals surface area contributed by atoms with E-state index in [1.165, 1.54) is 4.68 Å². The van der Waals surface area contributed by atoms with E-state index in [0.29, 0.717) is 53.5 Å². The molecule has 170 valence electrons. The van der Waals surface area contributed by atoms with Gasteiger partial charge in [-0.25, -0.2) is 14.4 Å². The average molecular weight is 481 g/mol. The van der Waals surface area contributed by atoms with Crippen molar-refractivity contribution in [2.75, 3.05) is 31.6 Å². The van der Waals surface area contributed by atoms with Gasteiger partial charge < -0.3 is 15.2 Å². The van der Waals surface area contributed by atoms with E-state index in [-0.39, 0.29) is 18.5 Å². The van der Waals surface area contributed by atoms with E-state index < -0.39 is 12.3 Å². The summed E-state index contributed by atoms with van der Waals surface area (Å²) < 4.78 is 22.1. The Labute approximate surface area is 194 Å². The van der Waals surface area contributed by atoms with Gasteiger partial charge in [0.05, 0.1) is 42.8 Å². The summed E-state index contributed by atoms with van der Waals surface area (Å²) >= 11 is 12.7. The second kappa shape index (κ2) is 8.72. The van der Waals surface area contributed by atoms with E-state index in [1.807, 2.05) is 11.0 Å². The second-order valence-corrected chi connectivity index (χ2v) is 9.07. The number of piperidine rings is 1. The fourth-order valence-corrected chi connectivity index (χ4v) is 4.95. The fraction of sp³-hybridized carbons (Fsp3) is 0.476. The number of alkyl halides is 1. The quantitative estimate of drug-likeness (QED) is 0.591. The first-order chi connectivity index (χ1) is 15.4. The minimum Gasteiger partial charge on any atom is -0.389 e. The van der Waals surface area contributed by atoms with E-state index in [9.17, 15) is 5.11 Å². The van der Waals surface area contributed by atoms with Gasteiger partial charge in [-0.15, -0.1) is 0 Å². The van der Waals surface area contributed by atoms with Gasteiger partial charge in [0, 0.05) is 36.1 Å². The first-order valence-electron chi connectivity index (χ1n) is 10.5. The highest BCUT2D eigenvalue weighted by Crippen LogP contribution is 2.38. The Kier molecular flexibility index (Phi) is 5.94. The van der Waals surface area contributed by atoms with Crippen LogP contribution in [0.5, 0.6) is 0 Å². The van der Waals surface area contributed by atoms with Gasteiger partial charge >= 0.3 is 0 Å². The molecule has 0 bridgehead atoms. The van der Waals surface area contributed by atoms with Crippen LogP contribution >= 0.6 is 23.2 Å². The summed E-state index contributed by atoms with van der Waals surface area (Å²) in [5.41, 5.74) is 1.99. The third-order valence-corrected chi connectivity index (χ3v) is 7.05. The van der Waals surface area contributed by atoms with Crippen LogP contribution in [-0.2, 0) is 11.8 Å². The van der Waals surface area contributed by atoms with E-state index in [4.69, 9.17) is 27.9 Å². The van der Waals surface area contributed by atoms with Crippen molar-refractivity contribution in [1.82, 2.24) is 24.6 Å². The molecule has 2 aliphatic rings. The standard InChI is InChI=1S/C21H23Cl2FN6O2/c1-29-20(23)17(7-26-29)28-21-25-6-11-4-14(22)13(5-16(11)27-21)12-2-3-30(8-15(12)24)18-9-32-10-19(18)31/h4-7,12,15,18-19,31H,2-3,8-10H2,1H3,(H,25,27,28)/t12-,15+,18-,19+/m1/s1. The monoisotopic (exact) mass is 480 g/mol. The summed E-state index contributed by atoms with van der Waals surface area (Å²) in [4.78, 5) is 10.9. The number of nitrogens with zero attached hydrogens (tertiary/aromatic N) is 5. The molecule has 8 nitrogen and oxygen atoms in total. The summed E-state index contributed by atoms with van der Waals surface area (Å²) in [6.07, 6.45) is 2.18. The lowest BCUT2D eigenvalue weighted by atomic mass is 9.86. The number of likely N-dealkylation sites (tertiary alicyclic amines) is 1. The van der Waals surface area contributed by atoms with Gasteiger partial charge in [0.15, 0.2) is 0 Å². The third kappa shape index (κ3) is 4.04.